The van der Waals surface area contributed by atoms with E-state index in [1.165, 1.54) is 4.52 Å². The highest BCUT2D eigenvalue weighted by Crippen LogP contribution is 2.26. The van der Waals surface area contributed by atoms with Gasteiger partial charge in [0.2, 0.25) is 5.91 Å². The monoisotopic (exact) mass is 370 g/mol. The number of aromatic amines is 1. The van der Waals surface area contributed by atoms with Gasteiger partial charge >= 0.3 is 0 Å². The van der Waals surface area contributed by atoms with Crippen LogP contribution in [-0.4, -0.2) is 48.8 Å². The van der Waals surface area contributed by atoms with Crippen LogP contribution in [0, 0.1) is 13.8 Å². The average Bonchev–Trinajstić information content (AvgIpc) is 3.36. The largest absolute Gasteiger partial charge is 0.342 e. The zero-order valence-electron chi connectivity index (χ0n) is 15.7. The number of amides is 1. The molecule has 0 spiro atoms. The predicted octanol–water partition coefficient (Wildman–Crippen LogP) is 1.14. The smallest absolute Gasteiger partial charge is 0.272 e. The number of nitrogens with zero attached hydrogens (tertiary/aromatic N) is 5. The first-order chi connectivity index (χ1) is 13.0. The lowest BCUT2D eigenvalue weighted by atomic mass is 10.0. The second-order valence-electron chi connectivity index (χ2n) is 7.05. The van der Waals surface area contributed by atoms with E-state index in [4.69, 9.17) is 4.98 Å². The van der Waals surface area contributed by atoms with Crippen LogP contribution < -0.4 is 5.56 Å². The number of aromatic nitrogens is 5. The molecule has 0 bridgehead atoms. The van der Waals surface area contributed by atoms with Gasteiger partial charge in [0.15, 0.2) is 5.65 Å². The van der Waals surface area contributed by atoms with Crippen LogP contribution in [0.5, 0.6) is 0 Å². The third-order valence-corrected chi connectivity index (χ3v) is 5.35. The molecule has 1 N–H and O–H groups in total. The maximum Gasteiger partial charge on any atom is 0.272 e. The molecule has 9 heteroatoms. The van der Waals surface area contributed by atoms with Crippen LogP contribution in [0.3, 0.4) is 0 Å². The number of carbonyl (C=O) groups excluding carboxylic acids is 1. The maximum atomic E-state index is 12.5. The molecule has 1 saturated heterocycles. The molecule has 3 aromatic heterocycles. The van der Waals surface area contributed by atoms with Gasteiger partial charge in [0.25, 0.3) is 5.56 Å². The molecule has 1 aliphatic heterocycles. The fraction of sp³-hybridized carbons (Fsp3) is 0.500. The summed E-state index contributed by atoms with van der Waals surface area (Å²) in [6.07, 6.45) is 1.77. The van der Waals surface area contributed by atoms with E-state index in [2.05, 4.69) is 20.0 Å². The lowest BCUT2D eigenvalue weighted by molar-refractivity contribution is -0.129. The number of rotatable bonds is 4. The Morgan fingerprint density at radius 3 is 2.89 bits per heavy atom. The number of nitrogens with one attached hydrogen (secondary N) is 1. The summed E-state index contributed by atoms with van der Waals surface area (Å²) >= 11 is 0. The Morgan fingerprint density at radius 2 is 2.19 bits per heavy atom. The second-order valence-corrected chi connectivity index (χ2v) is 7.05. The molecule has 0 aromatic carbocycles. The van der Waals surface area contributed by atoms with E-state index in [-0.39, 0.29) is 23.8 Å². The SMILES string of the molecule is CCc1[nH]n2c(=O)cc([C@@H]3CCN(C(=O)Cc4nonc4C)C3)nc2c1C. The van der Waals surface area contributed by atoms with Crippen LogP contribution in [0.25, 0.3) is 5.65 Å². The Morgan fingerprint density at radius 1 is 1.37 bits per heavy atom. The van der Waals surface area contributed by atoms with Crippen molar-refractivity contribution in [3.05, 3.63) is 44.8 Å². The average molecular weight is 370 g/mol. The van der Waals surface area contributed by atoms with Crippen LogP contribution in [0.2, 0.25) is 0 Å². The maximum absolute atomic E-state index is 12.5. The van der Waals surface area contributed by atoms with Gasteiger partial charge in [0, 0.05) is 36.3 Å². The topological polar surface area (TPSA) is 109 Å². The van der Waals surface area contributed by atoms with Gasteiger partial charge in [-0.1, -0.05) is 17.2 Å². The predicted molar refractivity (Wildman–Crippen MR) is 96.6 cm³/mol. The number of H-pyrrole nitrogens is 1. The molecule has 0 unspecified atom stereocenters. The number of likely N-dealkylation sites (tertiary alicyclic amines) is 1. The van der Waals surface area contributed by atoms with E-state index < -0.39 is 0 Å². The molecule has 1 aliphatic rings. The Labute approximate surface area is 155 Å². The first-order valence-corrected chi connectivity index (χ1v) is 9.14. The van der Waals surface area contributed by atoms with Crippen LogP contribution in [0.15, 0.2) is 15.5 Å². The van der Waals surface area contributed by atoms with Gasteiger partial charge in [-0.3, -0.25) is 14.7 Å². The summed E-state index contributed by atoms with van der Waals surface area (Å²) in [5, 5.41) is 10.6. The number of fused-ring (bicyclic) bond motifs is 1. The molecule has 1 atom stereocenters. The summed E-state index contributed by atoms with van der Waals surface area (Å²) in [6, 6.07) is 1.58. The zero-order valence-corrected chi connectivity index (χ0v) is 15.7. The molecule has 4 rings (SSSR count). The standard InChI is InChI=1S/C18H22N6O3/c1-4-13-10(2)18-19-15(8-17(26)24(18)20-13)12-5-6-23(9-12)16(25)7-14-11(3)21-27-22-14/h8,12,20H,4-7,9H2,1-3H3/t12-/m1/s1. The molecule has 0 saturated carbocycles. The third kappa shape index (κ3) is 3.02. The van der Waals surface area contributed by atoms with Crippen LogP contribution in [-0.2, 0) is 17.6 Å². The van der Waals surface area contributed by atoms with Gasteiger partial charge in [-0.2, -0.15) is 0 Å². The Balaban J connectivity index is 1.55. The van der Waals surface area contributed by atoms with E-state index in [0.717, 1.165) is 29.8 Å². The summed E-state index contributed by atoms with van der Waals surface area (Å²) in [7, 11) is 0. The molecular formula is C18H22N6O3. The summed E-state index contributed by atoms with van der Waals surface area (Å²) in [6.45, 7) is 6.97. The Hall–Kier alpha value is -2.97. The molecule has 1 amide bonds. The molecule has 142 valence electrons. The minimum Gasteiger partial charge on any atom is -0.342 e. The van der Waals surface area contributed by atoms with Gasteiger partial charge in [-0.05, 0) is 26.7 Å². The van der Waals surface area contributed by atoms with Crippen molar-refractivity contribution in [1.29, 1.82) is 0 Å². The lowest BCUT2D eigenvalue weighted by Crippen LogP contribution is -2.30. The van der Waals surface area contributed by atoms with Crippen LogP contribution in [0.1, 0.15) is 47.6 Å². The van der Waals surface area contributed by atoms with Crippen molar-refractivity contribution in [3.8, 4) is 0 Å². The first-order valence-electron chi connectivity index (χ1n) is 9.14. The summed E-state index contributed by atoms with van der Waals surface area (Å²) in [5.41, 5.74) is 4.51. The van der Waals surface area contributed by atoms with Crippen molar-refractivity contribution in [3.63, 3.8) is 0 Å². The molecule has 27 heavy (non-hydrogen) atoms. The summed E-state index contributed by atoms with van der Waals surface area (Å²) in [5.74, 6) is 0.0442. The van der Waals surface area contributed by atoms with Gasteiger partial charge in [0.1, 0.15) is 11.4 Å². The van der Waals surface area contributed by atoms with Gasteiger partial charge in [-0.15, -0.1) is 0 Å². The molecular weight excluding hydrogens is 348 g/mol. The minimum atomic E-state index is -0.119. The van der Waals surface area contributed by atoms with Gasteiger partial charge in [-0.25, -0.2) is 14.1 Å². The van der Waals surface area contributed by atoms with Crippen LogP contribution >= 0.6 is 0 Å². The quantitative estimate of drug-likeness (QED) is 0.738. The highest BCUT2D eigenvalue weighted by atomic mass is 16.6. The number of hydrogen-bond acceptors (Lipinski definition) is 6. The van der Waals surface area contributed by atoms with Crippen molar-refractivity contribution in [2.45, 2.75) is 46.0 Å². The zero-order chi connectivity index (χ0) is 19.1. The highest BCUT2D eigenvalue weighted by molar-refractivity contribution is 5.78. The van der Waals surface area contributed by atoms with Gasteiger partial charge < -0.3 is 4.90 Å². The second kappa shape index (κ2) is 6.64. The normalized spacial score (nSPS) is 17.1. The van der Waals surface area contributed by atoms with Crippen molar-refractivity contribution >= 4 is 11.6 Å². The molecule has 3 aromatic rings. The van der Waals surface area contributed by atoms with Crippen LogP contribution in [0.4, 0.5) is 0 Å². The van der Waals surface area contributed by atoms with Crippen molar-refractivity contribution < 1.29 is 9.42 Å². The van der Waals surface area contributed by atoms with E-state index >= 15 is 0 Å². The highest BCUT2D eigenvalue weighted by Gasteiger charge is 2.30. The molecule has 9 nitrogen and oxygen atoms in total. The Kier molecular flexibility index (Phi) is 4.29. The van der Waals surface area contributed by atoms with Crippen molar-refractivity contribution in [2.75, 3.05) is 13.1 Å². The summed E-state index contributed by atoms with van der Waals surface area (Å²) < 4.78 is 6.15. The minimum absolute atomic E-state index is 0.0137. The number of carbonyl (C=O) groups is 1. The van der Waals surface area contributed by atoms with E-state index in [1.807, 2.05) is 13.8 Å². The summed E-state index contributed by atoms with van der Waals surface area (Å²) in [4.78, 5) is 31.6. The first kappa shape index (κ1) is 17.4. The van der Waals surface area contributed by atoms with E-state index in [0.29, 0.717) is 30.1 Å². The van der Waals surface area contributed by atoms with E-state index in [1.54, 1.807) is 17.9 Å². The Bertz CT molecular complexity index is 1060. The van der Waals surface area contributed by atoms with E-state index in [9.17, 15) is 9.59 Å². The fourth-order valence-corrected chi connectivity index (χ4v) is 3.66. The fourth-order valence-electron chi connectivity index (χ4n) is 3.66. The van der Waals surface area contributed by atoms with Crippen molar-refractivity contribution in [1.82, 2.24) is 29.8 Å². The third-order valence-electron chi connectivity index (χ3n) is 5.35. The van der Waals surface area contributed by atoms with Gasteiger partial charge in [0.05, 0.1) is 12.1 Å². The number of hydrogen-bond donors (Lipinski definition) is 1. The lowest BCUT2D eigenvalue weighted by Gasteiger charge is -2.15. The number of aryl methyl sites for hydroxylation is 3. The molecule has 4 heterocycles. The molecule has 1 fully saturated rings. The van der Waals surface area contributed by atoms with Crippen molar-refractivity contribution in [2.24, 2.45) is 0 Å². The molecule has 0 aliphatic carbocycles. The molecule has 0 radical (unpaired) electrons.